The molecule has 2 atom stereocenters. The molecule has 1 saturated carbocycles. The molecule has 0 aromatic carbocycles. The van der Waals surface area contributed by atoms with E-state index >= 15 is 0 Å². The average molecular weight is 233 g/mol. The highest BCUT2D eigenvalue weighted by Gasteiger charge is 2.39. The lowest BCUT2D eigenvalue weighted by molar-refractivity contribution is -0.117. The fourth-order valence-electron chi connectivity index (χ4n) is 1.70. The molecule has 0 radical (unpaired) electrons. The molecule has 92 valence electrons. The molecule has 1 aromatic heterocycles. The van der Waals surface area contributed by atoms with Crippen LogP contribution < -0.4 is 5.32 Å². The largest absolute Gasteiger partial charge is 0.323 e. The first-order valence-corrected chi connectivity index (χ1v) is 6.01. The Morgan fingerprint density at radius 1 is 1.35 bits per heavy atom. The van der Waals surface area contributed by atoms with Gasteiger partial charge in [-0.1, -0.05) is 27.7 Å². The fraction of sp³-hybridized carbons (Fsp3) is 0.615. The monoisotopic (exact) mass is 233 g/mol. The van der Waals surface area contributed by atoms with E-state index in [9.17, 15) is 4.79 Å². The third kappa shape index (κ3) is 2.81. The quantitative estimate of drug-likeness (QED) is 0.853. The van der Waals surface area contributed by atoms with E-state index in [-0.39, 0.29) is 17.2 Å². The van der Waals surface area contributed by atoms with Crippen molar-refractivity contribution in [3.63, 3.8) is 0 Å². The summed E-state index contributed by atoms with van der Waals surface area (Å²) >= 11 is 0. The SMILES string of the molecule is CC1CC1C(=O)Nc1cnc(C(C)(C)C)nc1. The van der Waals surface area contributed by atoms with Crippen molar-refractivity contribution in [3.8, 4) is 0 Å². The van der Waals surface area contributed by atoms with Crippen LogP contribution in [0, 0.1) is 11.8 Å². The molecule has 4 heteroatoms. The standard InChI is InChI=1S/C13H19N3O/c1-8-5-10(8)11(17)16-9-6-14-12(15-7-9)13(2,3)4/h6-8,10H,5H2,1-4H3,(H,16,17). The molecule has 1 aliphatic carbocycles. The van der Waals surface area contributed by atoms with Gasteiger partial charge in [-0.05, 0) is 12.3 Å². The minimum Gasteiger partial charge on any atom is -0.323 e. The number of aromatic nitrogens is 2. The lowest BCUT2D eigenvalue weighted by Crippen LogP contribution is -2.18. The summed E-state index contributed by atoms with van der Waals surface area (Å²) in [5.41, 5.74) is 0.621. The molecular formula is C13H19N3O. The molecule has 4 nitrogen and oxygen atoms in total. The van der Waals surface area contributed by atoms with Crippen LogP contribution in [-0.4, -0.2) is 15.9 Å². The molecule has 1 aliphatic rings. The number of hydrogen-bond donors (Lipinski definition) is 1. The lowest BCUT2D eigenvalue weighted by Gasteiger charge is -2.16. The van der Waals surface area contributed by atoms with Gasteiger partial charge >= 0.3 is 0 Å². The summed E-state index contributed by atoms with van der Waals surface area (Å²) in [7, 11) is 0. The van der Waals surface area contributed by atoms with Crippen molar-refractivity contribution in [2.75, 3.05) is 5.32 Å². The van der Waals surface area contributed by atoms with Crippen LogP contribution in [0.5, 0.6) is 0 Å². The van der Waals surface area contributed by atoms with Crippen molar-refractivity contribution in [1.29, 1.82) is 0 Å². The zero-order chi connectivity index (χ0) is 12.6. The van der Waals surface area contributed by atoms with Gasteiger partial charge in [0.1, 0.15) is 5.82 Å². The molecule has 1 N–H and O–H groups in total. The van der Waals surface area contributed by atoms with E-state index in [0.717, 1.165) is 12.2 Å². The summed E-state index contributed by atoms with van der Waals surface area (Å²) in [6, 6.07) is 0. The summed E-state index contributed by atoms with van der Waals surface area (Å²) in [5, 5.41) is 2.85. The van der Waals surface area contributed by atoms with Crippen molar-refractivity contribution in [1.82, 2.24) is 9.97 Å². The molecule has 17 heavy (non-hydrogen) atoms. The van der Waals surface area contributed by atoms with Crippen LogP contribution in [0.15, 0.2) is 12.4 Å². The lowest BCUT2D eigenvalue weighted by atomic mass is 9.96. The molecule has 1 heterocycles. The Morgan fingerprint density at radius 2 is 1.88 bits per heavy atom. The van der Waals surface area contributed by atoms with Crippen LogP contribution in [0.25, 0.3) is 0 Å². The highest BCUT2D eigenvalue weighted by atomic mass is 16.2. The summed E-state index contributed by atoms with van der Waals surface area (Å²) < 4.78 is 0. The van der Waals surface area contributed by atoms with Crippen LogP contribution in [-0.2, 0) is 10.2 Å². The zero-order valence-corrected chi connectivity index (χ0v) is 10.8. The summed E-state index contributed by atoms with van der Waals surface area (Å²) in [6.07, 6.45) is 4.35. The number of carbonyl (C=O) groups excluding carboxylic acids is 1. The summed E-state index contributed by atoms with van der Waals surface area (Å²) in [4.78, 5) is 20.3. The first-order chi connectivity index (χ1) is 7.88. The van der Waals surface area contributed by atoms with Gasteiger partial charge in [-0.25, -0.2) is 9.97 Å². The first kappa shape index (κ1) is 12.0. The van der Waals surface area contributed by atoms with Gasteiger partial charge in [0.15, 0.2) is 0 Å². The molecule has 2 unspecified atom stereocenters. The van der Waals surface area contributed by atoms with Crippen molar-refractivity contribution in [2.24, 2.45) is 11.8 Å². The van der Waals surface area contributed by atoms with Gasteiger partial charge in [-0.3, -0.25) is 4.79 Å². The van der Waals surface area contributed by atoms with Crippen LogP contribution >= 0.6 is 0 Å². The number of nitrogens with one attached hydrogen (secondary N) is 1. The van der Waals surface area contributed by atoms with E-state index in [1.165, 1.54) is 0 Å². The maximum absolute atomic E-state index is 11.7. The molecule has 1 amide bonds. The van der Waals surface area contributed by atoms with E-state index in [4.69, 9.17) is 0 Å². The Hall–Kier alpha value is -1.45. The normalized spacial score (nSPS) is 23.3. The second-order valence-corrected chi connectivity index (χ2v) is 5.85. The van der Waals surface area contributed by atoms with Crippen molar-refractivity contribution >= 4 is 11.6 Å². The van der Waals surface area contributed by atoms with Crippen molar-refractivity contribution in [2.45, 2.75) is 39.5 Å². The molecule has 2 rings (SSSR count). The van der Waals surface area contributed by atoms with Crippen LogP contribution in [0.1, 0.15) is 39.9 Å². The van der Waals surface area contributed by atoms with E-state index in [0.29, 0.717) is 11.6 Å². The Labute approximate surface area is 102 Å². The third-order valence-electron chi connectivity index (χ3n) is 3.04. The van der Waals surface area contributed by atoms with Gasteiger partial charge in [0.2, 0.25) is 5.91 Å². The van der Waals surface area contributed by atoms with Crippen LogP contribution in [0.2, 0.25) is 0 Å². The van der Waals surface area contributed by atoms with Gasteiger partial charge in [0.25, 0.3) is 0 Å². The number of rotatable bonds is 2. The van der Waals surface area contributed by atoms with Gasteiger partial charge in [0, 0.05) is 11.3 Å². The van der Waals surface area contributed by atoms with Gasteiger partial charge in [0.05, 0.1) is 18.1 Å². The predicted molar refractivity (Wildman–Crippen MR) is 66.6 cm³/mol. The van der Waals surface area contributed by atoms with Crippen LogP contribution in [0.3, 0.4) is 0 Å². The molecular weight excluding hydrogens is 214 g/mol. The molecule has 0 aliphatic heterocycles. The highest BCUT2D eigenvalue weighted by Crippen LogP contribution is 2.38. The fourth-order valence-corrected chi connectivity index (χ4v) is 1.70. The number of amides is 1. The number of nitrogens with zero attached hydrogens (tertiary/aromatic N) is 2. The smallest absolute Gasteiger partial charge is 0.227 e. The Balaban J connectivity index is 2.01. The first-order valence-electron chi connectivity index (χ1n) is 6.01. The van der Waals surface area contributed by atoms with E-state index in [2.05, 4.69) is 43.0 Å². The average Bonchev–Trinajstić information content (AvgIpc) is 2.95. The molecule has 0 saturated heterocycles. The predicted octanol–water partition coefficient (Wildman–Crippen LogP) is 2.37. The Kier molecular flexibility index (Phi) is 2.89. The molecule has 1 aromatic rings. The second kappa shape index (κ2) is 4.09. The molecule has 0 bridgehead atoms. The molecule has 1 fully saturated rings. The van der Waals surface area contributed by atoms with Crippen LogP contribution in [0.4, 0.5) is 5.69 Å². The summed E-state index contributed by atoms with van der Waals surface area (Å²) in [5.74, 6) is 1.57. The molecule has 0 spiro atoms. The minimum absolute atomic E-state index is 0.0620. The maximum Gasteiger partial charge on any atom is 0.227 e. The van der Waals surface area contributed by atoms with Gasteiger partial charge < -0.3 is 5.32 Å². The van der Waals surface area contributed by atoms with E-state index < -0.39 is 0 Å². The second-order valence-electron chi connectivity index (χ2n) is 5.85. The van der Waals surface area contributed by atoms with Crippen molar-refractivity contribution < 1.29 is 4.79 Å². The van der Waals surface area contributed by atoms with Gasteiger partial charge in [-0.15, -0.1) is 0 Å². The number of anilines is 1. The van der Waals surface area contributed by atoms with Gasteiger partial charge in [-0.2, -0.15) is 0 Å². The summed E-state index contributed by atoms with van der Waals surface area (Å²) in [6.45, 7) is 8.27. The third-order valence-corrected chi connectivity index (χ3v) is 3.04. The highest BCUT2D eigenvalue weighted by molar-refractivity contribution is 5.94. The number of hydrogen-bond acceptors (Lipinski definition) is 3. The topological polar surface area (TPSA) is 54.9 Å². The minimum atomic E-state index is -0.0620. The maximum atomic E-state index is 11.7. The Morgan fingerprint density at radius 3 is 2.29 bits per heavy atom. The van der Waals surface area contributed by atoms with Crippen molar-refractivity contribution in [3.05, 3.63) is 18.2 Å². The Bertz CT molecular complexity index is 419. The van der Waals surface area contributed by atoms with E-state index in [1.807, 2.05) is 0 Å². The zero-order valence-electron chi connectivity index (χ0n) is 10.8. The van der Waals surface area contributed by atoms with E-state index in [1.54, 1.807) is 12.4 Å². The number of carbonyl (C=O) groups is 1.